The van der Waals surface area contributed by atoms with Crippen LogP contribution in [0.15, 0.2) is 40.5 Å². The Morgan fingerprint density at radius 3 is 2.85 bits per heavy atom. The van der Waals surface area contributed by atoms with E-state index in [4.69, 9.17) is 5.73 Å². The van der Waals surface area contributed by atoms with E-state index in [1.807, 2.05) is 26.0 Å². The first-order chi connectivity index (χ1) is 9.60. The molecule has 0 amide bonds. The summed E-state index contributed by atoms with van der Waals surface area (Å²) in [5.74, 6) is -0.216. The molecule has 0 bridgehead atoms. The zero-order chi connectivity index (χ0) is 14.5. The summed E-state index contributed by atoms with van der Waals surface area (Å²) in [6, 6.07) is 6.86. The zero-order valence-corrected chi connectivity index (χ0v) is 12.5. The molecule has 1 aromatic carbocycles. The summed E-state index contributed by atoms with van der Waals surface area (Å²) in [5.41, 5.74) is 7.50. The number of hydrogen-bond donors (Lipinski definition) is 1. The van der Waals surface area contributed by atoms with Crippen molar-refractivity contribution in [2.45, 2.75) is 42.8 Å². The molecule has 2 aromatic rings. The molecule has 0 aliphatic carbocycles. The van der Waals surface area contributed by atoms with Crippen molar-refractivity contribution < 1.29 is 4.39 Å². The van der Waals surface area contributed by atoms with Gasteiger partial charge in [-0.25, -0.2) is 14.4 Å². The van der Waals surface area contributed by atoms with Crippen molar-refractivity contribution in [3.05, 3.63) is 47.5 Å². The number of aromatic nitrogens is 2. The number of nitrogens with two attached hydrogens (primary N) is 1. The summed E-state index contributed by atoms with van der Waals surface area (Å²) < 4.78 is 14.0. The summed E-state index contributed by atoms with van der Waals surface area (Å²) in [5, 5.41) is 0.627. The van der Waals surface area contributed by atoms with Crippen LogP contribution in [-0.2, 0) is 6.42 Å². The summed E-state index contributed by atoms with van der Waals surface area (Å²) in [6.07, 6.45) is 3.05. The largest absolute Gasteiger partial charge is 0.327 e. The van der Waals surface area contributed by atoms with Crippen LogP contribution in [0.4, 0.5) is 4.39 Å². The van der Waals surface area contributed by atoms with E-state index in [1.54, 1.807) is 12.3 Å². The Morgan fingerprint density at radius 1 is 1.35 bits per heavy atom. The Hall–Kier alpha value is -1.46. The molecule has 5 heteroatoms. The minimum atomic E-state index is -0.216. The number of halogens is 1. The second-order valence-corrected chi connectivity index (χ2v) is 5.68. The quantitative estimate of drug-likeness (QED) is 0.858. The number of rotatable bonds is 5. The number of hydrogen-bond acceptors (Lipinski definition) is 4. The number of benzene rings is 1. The third-order valence-corrected chi connectivity index (χ3v) is 4.02. The average molecular weight is 291 g/mol. The number of nitrogens with zero attached hydrogens (tertiary/aromatic N) is 2. The normalized spacial score (nSPS) is 12.4. The van der Waals surface area contributed by atoms with Crippen LogP contribution in [0.5, 0.6) is 0 Å². The maximum atomic E-state index is 14.0. The van der Waals surface area contributed by atoms with Gasteiger partial charge in [0.1, 0.15) is 5.82 Å². The summed E-state index contributed by atoms with van der Waals surface area (Å²) in [6.45, 7) is 3.91. The van der Waals surface area contributed by atoms with E-state index >= 15 is 0 Å². The Labute approximate surface area is 122 Å². The Kier molecular flexibility index (Phi) is 5.09. The van der Waals surface area contributed by atoms with Gasteiger partial charge in [0.25, 0.3) is 0 Å². The number of aryl methyl sites for hydroxylation is 1. The van der Waals surface area contributed by atoms with Gasteiger partial charge in [0.15, 0.2) is 5.16 Å². The van der Waals surface area contributed by atoms with Gasteiger partial charge in [-0.2, -0.15) is 0 Å². The van der Waals surface area contributed by atoms with E-state index in [0.717, 1.165) is 17.0 Å². The van der Waals surface area contributed by atoms with Crippen LogP contribution >= 0.6 is 11.8 Å². The minimum Gasteiger partial charge on any atom is -0.327 e. The van der Waals surface area contributed by atoms with Crippen molar-refractivity contribution in [1.29, 1.82) is 0 Å². The highest BCUT2D eigenvalue weighted by molar-refractivity contribution is 7.99. The Morgan fingerprint density at radius 2 is 2.15 bits per heavy atom. The first kappa shape index (κ1) is 14.9. The molecule has 2 rings (SSSR count). The van der Waals surface area contributed by atoms with Crippen LogP contribution in [0.25, 0.3) is 0 Å². The summed E-state index contributed by atoms with van der Waals surface area (Å²) in [7, 11) is 0. The lowest BCUT2D eigenvalue weighted by molar-refractivity contribution is 0.571. The maximum Gasteiger partial charge on any atom is 0.192 e. The van der Waals surface area contributed by atoms with Crippen LogP contribution < -0.4 is 5.73 Å². The lowest BCUT2D eigenvalue weighted by Gasteiger charge is -2.13. The first-order valence-electron chi connectivity index (χ1n) is 6.60. The van der Waals surface area contributed by atoms with Crippen molar-refractivity contribution in [3.8, 4) is 0 Å². The third-order valence-electron chi connectivity index (χ3n) is 3.04. The standard InChI is InChI=1S/C15H18FN3S/c1-3-11(17)9-12-13(16)5-4-6-14(12)20-15-18-8-7-10(2)19-15/h4-8,11H,3,9,17H2,1-2H3. The highest BCUT2D eigenvalue weighted by atomic mass is 32.2. The summed E-state index contributed by atoms with van der Waals surface area (Å²) in [4.78, 5) is 9.37. The third kappa shape index (κ3) is 3.77. The fraction of sp³-hybridized carbons (Fsp3) is 0.333. The van der Waals surface area contributed by atoms with Gasteiger partial charge in [-0.05, 0) is 49.7 Å². The van der Waals surface area contributed by atoms with Gasteiger partial charge in [0, 0.05) is 28.4 Å². The molecule has 2 N–H and O–H groups in total. The molecule has 1 heterocycles. The van der Waals surface area contributed by atoms with E-state index < -0.39 is 0 Å². The molecule has 20 heavy (non-hydrogen) atoms. The van der Waals surface area contributed by atoms with Crippen LogP contribution in [0.2, 0.25) is 0 Å². The van der Waals surface area contributed by atoms with E-state index in [9.17, 15) is 4.39 Å². The Bertz CT molecular complexity index is 589. The van der Waals surface area contributed by atoms with Gasteiger partial charge in [-0.1, -0.05) is 13.0 Å². The molecule has 0 aliphatic rings. The SMILES string of the molecule is CCC(N)Cc1c(F)cccc1Sc1nccc(C)n1. The molecule has 0 saturated heterocycles. The molecule has 0 fully saturated rings. The Balaban J connectivity index is 2.29. The first-order valence-corrected chi connectivity index (χ1v) is 7.42. The summed E-state index contributed by atoms with van der Waals surface area (Å²) >= 11 is 1.38. The highest BCUT2D eigenvalue weighted by Crippen LogP contribution is 2.30. The topological polar surface area (TPSA) is 51.8 Å². The van der Waals surface area contributed by atoms with Gasteiger partial charge in [0.2, 0.25) is 0 Å². The van der Waals surface area contributed by atoms with Gasteiger partial charge in [-0.3, -0.25) is 0 Å². The molecule has 106 valence electrons. The lowest BCUT2D eigenvalue weighted by atomic mass is 10.0. The molecule has 1 atom stereocenters. The fourth-order valence-corrected chi connectivity index (χ4v) is 2.76. The van der Waals surface area contributed by atoms with Crippen molar-refractivity contribution in [2.75, 3.05) is 0 Å². The molecule has 0 spiro atoms. The van der Waals surface area contributed by atoms with Gasteiger partial charge in [-0.15, -0.1) is 0 Å². The fourth-order valence-electron chi connectivity index (χ4n) is 1.81. The molecule has 1 aromatic heterocycles. The van der Waals surface area contributed by atoms with E-state index in [1.165, 1.54) is 17.8 Å². The lowest BCUT2D eigenvalue weighted by Crippen LogP contribution is -2.22. The maximum absolute atomic E-state index is 14.0. The molecular formula is C15H18FN3S. The zero-order valence-electron chi connectivity index (χ0n) is 11.6. The van der Waals surface area contributed by atoms with Crippen LogP contribution in [0, 0.1) is 12.7 Å². The smallest absolute Gasteiger partial charge is 0.192 e. The predicted octanol–water partition coefficient (Wildman–Crippen LogP) is 3.36. The molecular weight excluding hydrogens is 273 g/mol. The van der Waals surface area contributed by atoms with Crippen molar-refractivity contribution in [3.63, 3.8) is 0 Å². The second kappa shape index (κ2) is 6.81. The molecule has 0 aliphatic heterocycles. The van der Waals surface area contributed by atoms with E-state index in [2.05, 4.69) is 9.97 Å². The van der Waals surface area contributed by atoms with Crippen molar-refractivity contribution in [1.82, 2.24) is 9.97 Å². The van der Waals surface area contributed by atoms with Gasteiger partial charge in [0.05, 0.1) is 0 Å². The van der Waals surface area contributed by atoms with Gasteiger partial charge >= 0.3 is 0 Å². The van der Waals surface area contributed by atoms with Crippen LogP contribution in [-0.4, -0.2) is 16.0 Å². The monoisotopic (exact) mass is 291 g/mol. The highest BCUT2D eigenvalue weighted by Gasteiger charge is 2.13. The van der Waals surface area contributed by atoms with Crippen molar-refractivity contribution >= 4 is 11.8 Å². The average Bonchev–Trinajstić information content (AvgIpc) is 2.42. The van der Waals surface area contributed by atoms with Crippen LogP contribution in [0.3, 0.4) is 0 Å². The second-order valence-electron chi connectivity index (χ2n) is 4.67. The predicted molar refractivity (Wildman–Crippen MR) is 79.3 cm³/mol. The molecule has 3 nitrogen and oxygen atoms in total. The minimum absolute atomic E-state index is 0.0373. The van der Waals surface area contributed by atoms with E-state index in [-0.39, 0.29) is 11.9 Å². The van der Waals surface area contributed by atoms with Crippen LogP contribution in [0.1, 0.15) is 24.6 Å². The molecule has 0 saturated carbocycles. The van der Waals surface area contributed by atoms with Gasteiger partial charge < -0.3 is 5.73 Å². The molecule has 1 unspecified atom stereocenters. The molecule has 0 radical (unpaired) electrons. The van der Waals surface area contributed by atoms with E-state index in [0.29, 0.717) is 17.1 Å². The van der Waals surface area contributed by atoms with Crippen molar-refractivity contribution in [2.24, 2.45) is 5.73 Å².